The molecule has 0 bridgehead atoms. The van der Waals surface area contributed by atoms with Crippen molar-refractivity contribution in [3.8, 4) is 0 Å². The van der Waals surface area contributed by atoms with Crippen molar-refractivity contribution in [3.05, 3.63) is 28.2 Å². The quantitative estimate of drug-likeness (QED) is 0.301. The number of amides is 1. The molecule has 1 atom stereocenters. The Morgan fingerprint density at radius 3 is 2.71 bits per heavy atom. The Balaban J connectivity index is 2.80. The molecule has 0 aliphatic heterocycles. The van der Waals surface area contributed by atoms with Crippen molar-refractivity contribution in [2.24, 2.45) is 16.8 Å². The van der Waals surface area contributed by atoms with Crippen molar-refractivity contribution in [2.75, 3.05) is 5.32 Å². The number of benzene rings is 1. The van der Waals surface area contributed by atoms with Gasteiger partial charge in [-0.1, -0.05) is 31.8 Å². The zero-order valence-electron chi connectivity index (χ0n) is 12.4. The van der Waals surface area contributed by atoms with Crippen molar-refractivity contribution in [1.82, 2.24) is 0 Å². The second-order valence-corrected chi connectivity index (χ2v) is 5.77. The fourth-order valence-electron chi connectivity index (χ4n) is 2.04. The summed E-state index contributed by atoms with van der Waals surface area (Å²) in [5.74, 6) is 0.0896. The maximum atomic E-state index is 12.3. The van der Waals surface area contributed by atoms with Gasteiger partial charge in [0, 0.05) is 16.0 Å². The molecule has 116 valence electrons. The highest BCUT2D eigenvalue weighted by atomic mass is 79.9. The fraction of sp³-hybridized carbons (Fsp3) is 0.467. The van der Waals surface area contributed by atoms with Crippen LogP contribution in [0.15, 0.2) is 27.8 Å². The first-order chi connectivity index (χ1) is 10.0. The fourth-order valence-corrected chi connectivity index (χ4v) is 2.52. The molecule has 1 rings (SSSR count). The van der Waals surface area contributed by atoms with E-state index in [1.165, 1.54) is 0 Å². The summed E-state index contributed by atoms with van der Waals surface area (Å²) in [4.78, 5) is 12.3. The van der Waals surface area contributed by atoms with E-state index < -0.39 is 0 Å². The summed E-state index contributed by atoms with van der Waals surface area (Å²) in [6, 6.07) is 5.14. The molecule has 1 aromatic carbocycles. The van der Waals surface area contributed by atoms with Crippen molar-refractivity contribution in [1.29, 1.82) is 0 Å². The van der Waals surface area contributed by atoms with Crippen LogP contribution in [0.2, 0.25) is 0 Å². The van der Waals surface area contributed by atoms with Gasteiger partial charge in [-0.05, 0) is 47.0 Å². The number of hydrogen-bond acceptors (Lipinski definition) is 3. The predicted octanol–water partition coefficient (Wildman–Crippen LogP) is 3.70. The van der Waals surface area contributed by atoms with Gasteiger partial charge < -0.3 is 16.3 Å². The van der Waals surface area contributed by atoms with Crippen LogP contribution in [0.3, 0.4) is 0 Å². The van der Waals surface area contributed by atoms with E-state index in [0.29, 0.717) is 15.7 Å². The van der Waals surface area contributed by atoms with Gasteiger partial charge in [-0.2, -0.15) is 0 Å². The monoisotopic (exact) mass is 355 g/mol. The summed E-state index contributed by atoms with van der Waals surface area (Å²) >= 11 is 3.39. The first-order valence-electron chi connectivity index (χ1n) is 7.11. The van der Waals surface area contributed by atoms with Crippen molar-refractivity contribution in [2.45, 2.75) is 39.5 Å². The molecule has 0 radical (unpaired) electrons. The highest BCUT2D eigenvalue weighted by molar-refractivity contribution is 9.10. The van der Waals surface area contributed by atoms with E-state index in [4.69, 9.17) is 10.9 Å². The number of halogens is 1. The van der Waals surface area contributed by atoms with Gasteiger partial charge in [-0.25, -0.2) is 0 Å². The maximum Gasteiger partial charge on any atom is 0.227 e. The smallest absolute Gasteiger partial charge is 0.227 e. The second kappa shape index (κ2) is 8.67. The van der Waals surface area contributed by atoms with Crippen LogP contribution in [-0.2, 0) is 4.79 Å². The summed E-state index contributed by atoms with van der Waals surface area (Å²) in [5, 5.41) is 14.5. The number of rotatable bonds is 7. The molecule has 0 aliphatic rings. The molecular weight excluding hydrogens is 334 g/mol. The van der Waals surface area contributed by atoms with Crippen LogP contribution in [0, 0.1) is 5.92 Å². The van der Waals surface area contributed by atoms with Gasteiger partial charge in [0.25, 0.3) is 0 Å². The lowest BCUT2D eigenvalue weighted by molar-refractivity contribution is -0.120. The van der Waals surface area contributed by atoms with Gasteiger partial charge in [0.15, 0.2) is 5.84 Å². The third kappa shape index (κ3) is 5.04. The van der Waals surface area contributed by atoms with E-state index in [1.807, 2.05) is 6.92 Å². The van der Waals surface area contributed by atoms with E-state index >= 15 is 0 Å². The minimum Gasteiger partial charge on any atom is -0.409 e. The van der Waals surface area contributed by atoms with Crippen LogP contribution in [0.4, 0.5) is 5.69 Å². The van der Waals surface area contributed by atoms with E-state index in [0.717, 1.165) is 25.7 Å². The number of anilines is 1. The zero-order valence-corrected chi connectivity index (χ0v) is 14.0. The van der Waals surface area contributed by atoms with Gasteiger partial charge in [-0.3, -0.25) is 4.79 Å². The molecular formula is C15H22BrN3O2. The number of nitrogens with two attached hydrogens (primary N) is 1. The molecule has 0 aromatic heterocycles. The van der Waals surface area contributed by atoms with E-state index in [1.54, 1.807) is 18.2 Å². The van der Waals surface area contributed by atoms with Crippen molar-refractivity contribution in [3.63, 3.8) is 0 Å². The summed E-state index contributed by atoms with van der Waals surface area (Å²) in [6.45, 7) is 4.14. The summed E-state index contributed by atoms with van der Waals surface area (Å²) in [5.41, 5.74) is 6.80. The lowest BCUT2D eigenvalue weighted by Gasteiger charge is -2.15. The molecule has 0 aliphatic carbocycles. The molecule has 1 aromatic rings. The van der Waals surface area contributed by atoms with Crippen LogP contribution in [-0.4, -0.2) is 17.0 Å². The number of unbranched alkanes of at least 4 members (excludes halogenated alkanes) is 1. The number of hydrogen-bond donors (Lipinski definition) is 3. The first-order valence-corrected chi connectivity index (χ1v) is 7.91. The Morgan fingerprint density at radius 1 is 1.48 bits per heavy atom. The van der Waals surface area contributed by atoms with Crippen LogP contribution >= 0.6 is 15.9 Å². The average Bonchev–Trinajstić information content (AvgIpc) is 2.49. The third-order valence-corrected chi connectivity index (χ3v) is 4.06. The lowest BCUT2D eigenvalue weighted by atomic mass is 9.98. The SMILES string of the molecule is CCCCC(CC)C(=O)Nc1ccc(/C(N)=N/O)cc1Br. The van der Waals surface area contributed by atoms with E-state index in [-0.39, 0.29) is 17.7 Å². The van der Waals surface area contributed by atoms with Gasteiger partial charge in [0.2, 0.25) is 5.91 Å². The third-order valence-electron chi connectivity index (χ3n) is 3.40. The van der Waals surface area contributed by atoms with Crippen LogP contribution in [0.5, 0.6) is 0 Å². The normalized spacial score (nSPS) is 13.0. The van der Waals surface area contributed by atoms with Gasteiger partial charge in [0.05, 0.1) is 5.69 Å². The number of nitrogens with one attached hydrogen (secondary N) is 1. The van der Waals surface area contributed by atoms with Crippen LogP contribution < -0.4 is 11.1 Å². The number of nitrogens with zero attached hydrogens (tertiary/aromatic N) is 1. The summed E-state index contributed by atoms with van der Waals surface area (Å²) in [6.07, 6.45) is 3.86. The number of amidine groups is 1. The van der Waals surface area contributed by atoms with E-state index in [9.17, 15) is 4.79 Å². The van der Waals surface area contributed by atoms with Crippen molar-refractivity contribution >= 4 is 33.4 Å². The Hall–Kier alpha value is -1.56. The summed E-state index contributed by atoms with van der Waals surface area (Å²) < 4.78 is 0.699. The largest absolute Gasteiger partial charge is 0.409 e. The molecule has 0 saturated carbocycles. The Labute approximate surface area is 133 Å². The van der Waals surface area contributed by atoms with E-state index in [2.05, 4.69) is 33.3 Å². The molecule has 1 amide bonds. The first kappa shape index (κ1) is 17.5. The standard InChI is InChI=1S/C15H22BrN3O2/c1-3-5-6-10(4-2)15(20)18-13-8-7-11(9-12(13)16)14(17)19-21/h7-10,21H,3-6H2,1-2H3,(H2,17,19)(H,18,20). The Morgan fingerprint density at radius 2 is 2.19 bits per heavy atom. The molecule has 21 heavy (non-hydrogen) atoms. The van der Waals surface area contributed by atoms with Gasteiger partial charge in [0.1, 0.15) is 0 Å². The topological polar surface area (TPSA) is 87.7 Å². The number of carbonyl (C=O) groups excluding carboxylic acids is 1. The van der Waals surface area contributed by atoms with Gasteiger partial charge >= 0.3 is 0 Å². The minimum absolute atomic E-state index is 0.0283. The van der Waals surface area contributed by atoms with Gasteiger partial charge in [-0.15, -0.1) is 0 Å². The predicted molar refractivity (Wildman–Crippen MR) is 88.6 cm³/mol. The highest BCUT2D eigenvalue weighted by Crippen LogP contribution is 2.25. The number of oxime groups is 1. The molecule has 1 unspecified atom stereocenters. The Kier molecular flexibility index (Phi) is 7.22. The second-order valence-electron chi connectivity index (χ2n) is 4.92. The molecule has 0 fully saturated rings. The molecule has 0 spiro atoms. The number of carbonyl (C=O) groups is 1. The summed E-state index contributed by atoms with van der Waals surface area (Å²) in [7, 11) is 0. The molecule has 0 heterocycles. The Bertz CT molecular complexity index is 518. The lowest BCUT2D eigenvalue weighted by Crippen LogP contribution is -2.22. The molecule has 0 saturated heterocycles. The molecule has 4 N–H and O–H groups in total. The molecule has 6 heteroatoms. The average molecular weight is 356 g/mol. The van der Waals surface area contributed by atoms with Crippen molar-refractivity contribution < 1.29 is 10.0 Å². The van der Waals surface area contributed by atoms with Crippen LogP contribution in [0.25, 0.3) is 0 Å². The molecule has 5 nitrogen and oxygen atoms in total. The maximum absolute atomic E-state index is 12.3. The van der Waals surface area contributed by atoms with Crippen LogP contribution in [0.1, 0.15) is 45.1 Å². The highest BCUT2D eigenvalue weighted by Gasteiger charge is 2.17. The zero-order chi connectivity index (χ0) is 15.8. The minimum atomic E-state index is 0.0283.